The Morgan fingerprint density at radius 1 is 1.35 bits per heavy atom. The van der Waals surface area contributed by atoms with Crippen LogP contribution in [0.1, 0.15) is 18.6 Å². The molecule has 2 heterocycles. The number of rotatable bonds is 4. The van der Waals surface area contributed by atoms with E-state index in [0.29, 0.717) is 29.4 Å². The van der Waals surface area contributed by atoms with Gasteiger partial charge in [-0.3, -0.25) is 9.59 Å². The van der Waals surface area contributed by atoms with Crippen LogP contribution in [0, 0.1) is 0 Å². The summed E-state index contributed by atoms with van der Waals surface area (Å²) in [7, 11) is 0. The maximum Gasteiger partial charge on any atom is 0.248 e. The van der Waals surface area contributed by atoms with E-state index in [9.17, 15) is 9.59 Å². The summed E-state index contributed by atoms with van der Waals surface area (Å²) in [6.45, 7) is 0.687. The maximum atomic E-state index is 12.0. The van der Waals surface area contributed by atoms with Crippen molar-refractivity contribution in [3.05, 3.63) is 53.5 Å². The monoisotopic (exact) mass is 330 g/mol. The van der Waals surface area contributed by atoms with Crippen molar-refractivity contribution in [3.8, 4) is 0 Å². The zero-order valence-corrected chi connectivity index (χ0v) is 13.0. The van der Waals surface area contributed by atoms with Gasteiger partial charge in [-0.1, -0.05) is 11.6 Å². The van der Waals surface area contributed by atoms with E-state index in [-0.39, 0.29) is 11.8 Å². The number of furan rings is 1. The van der Waals surface area contributed by atoms with Crippen molar-refractivity contribution < 1.29 is 14.0 Å². The van der Waals surface area contributed by atoms with Gasteiger partial charge in [0, 0.05) is 24.7 Å². The molecular weight excluding hydrogens is 316 g/mol. The van der Waals surface area contributed by atoms with E-state index < -0.39 is 0 Å². The van der Waals surface area contributed by atoms with Crippen LogP contribution < -0.4 is 10.2 Å². The van der Waals surface area contributed by atoms with Crippen LogP contribution in [-0.4, -0.2) is 18.4 Å². The summed E-state index contributed by atoms with van der Waals surface area (Å²) < 4.78 is 5.12. The Kier molecular flexibility index (Phi) is 4.48. The van der Waals surface area contributed by atoms with Gasteiger partial charge in [-0.2, -0.15) is 0 Å². The van der Waals surface area contributed by atoms with Gasteiger partial charge in [-0.15, -0.1) is 0 Å². The summed E-state index contributed by atoms with van der Waals surface area (Å²) >= 11 is 6.12. The molecule has 0 saturated carbocycles. The van der Waals surface area contributed by atoms with Crippen LogP contribution in [0.3, 0.4) is 0 Å². The fourth-order valence-corrected chi connectivity index (χ4v) is 2.58. The quantitative estimate of drug-likeness (QED) is 0.869. The minimum absolute atomic E-state index is 0.0855. The van der Waals surface area contributed by atoms with Crippen LogP contribution in [0.2, 0.25) is 5.02 Å². The van der Waals surface area contributed by atoms with Crippen molar-refractivity contribution >= 4 is 40.9 Å². The molecule has 0 atom stereocenters. The summed E-state index contributed by atoms with van der Waals surface area (Å²) in [6, 6.07) is 8.65. The van der Waals surface area contributed by atoms with Crippen LogP contribution >= 0.6 is 11.6 Å². The van der Waals surface area contributed by atoms with Gasteiger partial charge in [0.1, 0.15) is 5.76 Å². The number of carbonyl (C=O) groups excluding carboxylic acids is 2. The summed E-state index contributed by atoms with van der Waals surface area (Å²) in [5.41, 5.74) is 1.21. The number of hydrogen-bond acceptors (Lipinski definition) is 3. The summed E-state index contributed by atoms with van der Waals surface area (Å²) in [4.78, 5) is 25.5. The van der Waals surface area contributed by atoms with Gasteiger partial charge in [-0.05, 0) is 42.8 Å². The lowest BCUT2D eigenvalue weighted by Crippen LogP contribution is -2.23. The molecule has 1 fully saturated rings. The third kappa shape index (κ3) is 3.63. The molecule has 118 valence electrons. The molecule has 6 heteroatoms. The highest BCUT2D eigenvalue weighted by molar-refractivity contribution is 6.34. The van der Waals surface area contributed by atoms with E-state index in [4.69, 9.17) is 16.0 Å². The molecule has 0 aliphatic carbocycles. The number of hydrogen-bond donors (Lipinski definition) is 1. The first-order chi connectivity index (χ1) is 11.1. The second-order valence-corrected chi connectivity index (χ2v) is 5.56. The fourth-order valence-electron chi connectivity index (χ4n) is 2.42. The van der Waals surface area contributed by atoms with Crippen LogP contribution in [0.25, 0.3) is 6.08 Å². The average molecular weight is 331 g/mol. The van der Waals surface area contributed by atoms with E-state index in [0.717, 1.165) is 12.1 Å². The molecule has 1 saturated heterocycles. The van der Waals surface area contributed by atoms with Gasteiger partial charge in [0.2, 0.25) is 11.8 Å². The van der Waals surface area contributed by atoms with Crippen molar-refractivity contribution in [3.63, 3.8) is 0 Å². The highest BCUT2D eigenvalue weighted by Gasteiger charge is 2.22. The summed E-state index contributed by atoms with van der Waals surface area (Å²) in [6.07, 6.45) is 5.86. The van der Waals surface area contributed by atoms with Crippen LogP contribution in [0.15, 0.2) is 47.1 Å². The van der Waals surface area contributed by atoms with Gasteiger partial charge in [0.25, 0.3) is 0 Å². The van der Waals surface area contributed by atoms with Crippen LogP contribution in [0.5, 0.6) is 0 Å². The number of nitrogens with one attached hydrogen (secondary N) is 1. The number of amides is 2. The second-order valence-electron chi connectivity index (χ2n) is 5.15. The minimum Gasteiger partial charge on any atom is -0.465 e. The maximum absolute atomic E-state index is 12.0. The average Bonchev–Trinajstić information content (AvgIpc) is 3.19. The molecule has 0 unspecified atom stereocenters. The van der Waals surface area contributed by atoms with E-state index in [1.807, 2.05) is 0 Å². The van der Waals surface area contributed by atoms with Gasteiger partial charge >= 0.3 is 0 Å². The molecule has 23 heavy (non-hydrogen) atoms. The Morgan fingerprint density at radius 3 is 2.91 bits per heavy atom. The van der Waals surface area contributed by atoms with Gasteiger partial charge in [0.05, 0.1) is 17.0 Å². The molecule has 1 aliphatic rings. The molecule has 5 nitrogen and oxygen atoms in total. The normalized spacial score (nSPS) is 14.7. The summed E-state index contributed by atoms with van der Waals surface area (Å²) in [5.74, 6) is 0.346. The van der Waals surface area contributed by atoms with E-state index in [2.05, 4.69) is 5.32 Å². The Bertz CT molecular complexity index is 753. The van der Waals surface area contributed by atoms with Gasteiger partial charge in [-0.25, -0.2) is 0 Å². The largest absolute Gasteiger partial charge is 0.465 e. The highest BCUT2D eigenvalue weighted by atomic mass is 35.5. The first-order valence-corrected chi connectivity index (χ1v) is 7.64. The van der Waals surface area contributed by atoms with Gasteiger partial charge in [0.15, 0.2) is 0 Å². The molecule has 1 N–H and O–H groups in total. The molecule has 1 aromatic heterocycles. The summed E-state index contributed by atoms with van der Waals surface area (Å²) in [5, 5.41) is 3.13. The Labute approximate surface area is 138 Å². The number of carbonyl (C=O) groups is 2. The predicted molar refractivity (Wildman–Crippen MR) is 89.4 cm³/mol. The standard InChI is InChI=1S/C17H15ClN2O3/c18-14-7-5-12(20-9-1-4-17(20)22)11-15(14)19-16(21)8-6-13-3-2-10-23-13/h2-3,5-8,10-11H,1,4,9H2,(H,19,21)/b8-6+. The molecule has 2 amide bonds. The molecule has 1 aromatic carbocycles. The first-order valence-electron chi connectivity index (χ1n) is 7.26. The second kappa shape index (κ2) is 6.71. The lowest BCUT2D eigenvalue weighted by molar-refractivity contribution is -0.117. The minimum atomic E-state index is -0.326. The van der Waals surface area contributed by atoms with E-state index in [1.165, 1.54) is 12.3 Å². The molecule has 3 rings (SSSR count). The zero-order valence-electron chi connectivity index (χ0n) is 12.3. The molecule has 0 radical (unpaired) electrons. The van der Waals surface area contributed by atoms with Crippen molar-refractivity contribution in [1.82, 2.24) is 0 Å². The van der Waals surface area contributed by atoms with Crippen LogP contribution in [0.4, 0.5) is 11.4 Å². The predicted octanol–water partition coefficient (Wildman–Crippen LogP) is 3.71. The Morgan fingerprint density at radius 2 is 2.22 bits per heavy atom. The molecule has 2 aromatic rings. The Balaban J connectivity index is 1.74. The topological polar surface area (TPSA) is 62.6 Å². The van der Waals surface area contributed by atoms with E-state index >= 15 is 0 Å². The number of anilines is 2. The number of nitrogens with zero attached hydrogens (tertiary/aromatic N) is 1. The van der Waals surface area contributed by atoms with Crippen molar-refractivity contribution in [1.29, 1.82) is 0 Å². The third-order valence-corrected chi connectivity index (χ3v) is 3.86. The first kappa shape index (κ1) is 15.4. The van der Waals surface area contributed by atoms with Crippen molar-refractivity contribution in [2.75, 3.05) is 16.8 Å². The van der Waals surface area contributed by atoms with Gasteiger partial charge < -0.3 is 14.6 Å². The zero-order chi connectivity index (χ0) is 16.2. The smallest absolute Gasteiger partial charge is 0.248 e. The van der Waals surface area contributed by atoms with Crippen molar-refractivity contribution in [2.45, 2.75) is 12.8 Å². The molecule has 1 aliphatic heterocycles. The molecular formula is C17H15ClN2O3. The lowest BCUT2D eigenvalue weighted by atomic mass is 10.2. The molecule has 0 spiro atoms. The number of benzene rings is 1. The van der Waals surface area contributed by atoms with E-state index in [1.54, 1.807) is 41.3 Å². The fraction of sp³-hybridized carbons (Fsp3) is 0.176. The highest BCUT2D eigenvalue weighted by Crippen LogP contribution is 2.29. The molecule has 0 bridgehead atoms. The SMILES string of the molecule is O=C(/C=C/c1ccco1)Nc1cc(N2CCCC2=O)ccc1Cl. The lowest BCUT2D eigenvalue weighted by Gasteiger charge is -2.17. The van der Waals surface area contributed by atoms with Crippen LogP contribution in [-0.2, 0) is 9.59 Å². The van der Waals surface area contributed by atoms with Crippen molar-refractivity contribution in [2.24, 2.45) is 0 Å². The number of halogens is 1. The third-order valence-electron chi connectivity index (χ3n) is 3.54. The Hall–Kier alpha value is -2.53.